The maximum Gasteiger partial charge on any atom is 0.416 e. The number of halogens is 3. The zero-order chi connectivity index (χ0) is 16.4. The Morgan fingerprint density at radius 2 is 1.86 bits per heavy atom. The fourth-order valence-corrected chi connectivity index (χ4v) is 3.00. The monoisotopic (exact) mass is 324 g/mol. The van der Waals surface area contributed by atoms with Crippen LogP contribution in [0.3, 0.4) is 0 Å². The first-order chi connectivity index (χ1) is 9.45. The van der Waals surface area contributed by atoms with E-state index < -0.39 is 44.5 Å². The van der Waals surface area contributed by atoms with Crippen LogP contribution in [0.2, 0.25) is 0 Å². The van der Waals surface area contributed by atoms with E-state index in [1.807, 2.05) is 4.72 Å². The third kappa shape index (κ3) is 4.43. The average Bonchev–Trinajstić information content (AvgIpc) is 2.34. The Hall–Kier alpha value is -1.61. The Bertz CT molecular complexity index is 627. The molecule has 0 aromatic heterocycles. The van der Waals surface area contributed by atoms with Gasteiger partial charge in [-0.15, -0.1) is 0 Å². The number of alkyl halides is 3. The van der Waals surface area contributed by atoms with Gasteiger partial charge in [0.05, 0.1) is 10.5 Å². The number of nitrogens with one attached hydrogen (secondary N) is 1. The molecule has 0 heterocycles. The summed E-state index contributed by atoms with van der Waals surface area (Å²) in [6.07, 6.45) is -4.66. The molecule has 0 aliphatic rings. The molecule has 0 aliphatic carbocycles. The highest BCUT2D eigenvalue weighted by Gasteiger charge is 2.32. The molecule has 1 amide bonds. The number of hydrogen-bond acceptors (Lipinski definition) is 3. The minimum Gasteiger partial charge on any atom is -0.368 e. The van der Waals surface area contributed by atoms with Crippen LogP contribution < -0.4 is 10.5 Å². The van der Waals surface area contributed by atoms with E-state index in [0.717, 1.165) is 18.2 Å². The molecule has 0 bridgehead atoms. The smallest absolute Gasteiger partial charge is 0.368 e. The van der Waals surface area contributed by atoms with E-state index in [1.165, 1.54) is 0 Å². The molecule has 0 unspecified atom stereocenters. The first kappa shape index (κ1) is 17.4. The average molecular weight is 324 g/mol. The lowest BCUT2D eigenvalue weighted by atomic mass is 10.1. The Morgan fingerprint density at radius 1 is 1.29 bits per heavy atom. The zero-order valence-electron chi connectivity index (χ0n) is 11.3. The number of nitrogens with two attached hydrogens (primary N) is 1. The molecule has 5 nitrogen and oxygen atoms in total. The summed E-state index contributed by atoms with van der Waals surface area (Å²) >= 11 is 0. The molecule has 1 aromatic rings. The van der Waals surface area contributed by atoms with E-state index in [0.29, 0.717) is 6.07 Å². The van der Waals surface area contributed by atoms with Crippen molar-refractivity contribution in [1.82, 2.24) is 4.72 Å². The summed E-state index contributed by atoms with van der Waals surface area (Å²) in [6.45, 7) is 3.12. The van der Waals surface area contributed by atoms with Crippen molar-refractivity contribution in [2.45, 2.75) is 31.0 Å². The summed E-state index contributed by atoms with van der Waals surface area (Å²) in [5.74, 6) is -1.34. The second-order valence-electron chi connectivity index (χ2n) is 4.77. The first-order valence-electron chi connectivity index (χ1n) is 5.94. The van der Waals surface area contributed by atoms with Crippen LogP contribution in [0, 0.1) is 5.92 Å². The second-order valence-corrected chi connectivity index (χ2v) is 6.48. The second kappa shape index (κ2) is 6.02. The summed E-state index contributed by atoms with van der Waals surface area (Å²) in [7, 11) is -4.28. The van der Waals surface area contributed by atoms with Crippen molar-refractivity contribution in [3.8, 4) is 0 Å². The molecule has 1 atom stereocenters. The molecule has 1 aromatic carbocycles. The molecule has 21 heavy (non-hydrogen) atoms. The van der Waals surface area contributed by atoms with Crippen LogP contribution in [0.15, 0.2) is 29.2 Å². The van der Waals surface area contributed by atoms with Crippen molar-refractivity contribution in [3.63, 3.8) is 0 Å². The van der Waals surface area contributed by atoms with Crippen molar-refractivity contribution in [1.29, 1.82) is 0 Å². The predicted molar refractivity (Wildman–Crippen MR) is 69.6 cm³/mol. The fraction of sp³-hybridized carbons (Fsp3) is 0.417. The van der Waals surface area contributed by atoms with Gasteiger partial charge in [0.25, 0.3) is 0 Å². The summed E-state index contributed by atoms with van der Waals surface area (Å²) < 4.78 is 63.9. The topological polar surface area (TPSA) is 89.3 Å². The van der Waals surface area contributed by atoms with Gasteiger partial charge in [0.15, 0.2) is 0 Å². The van der Waals surface area contributed by atoms with Crippen LogP contribution in [0.25, 0.3) is 0 Å². The van der Waals surface area contributed by atoms with Gasteiger partial charge in [-0.25, -0.2) is 8.42 Å². The molecule has 0 saturated heterocycles. The van der Waals surface area contributed by atoms with Gasteiger partial charge in [-0.2, -0.15) is 17.9 Å². The van der Waals surface area contributed by atoms with E-state index in [1.54, 1.807) is 13.8 Å². The molecule has 0 aliphatic heterocycles. The highest BCUT2D eigenvalue weighted by molar-refractivity contribution is 7.89. The maximum atomic E-state index is 12.6. The van der Waals surface area contributed by atoms with E-state index in [9.17, 15) is 26.4 Å². The van der Waals surface area contributed by atoms with Gasteiger partial charge in [-0.3, -0.25) is 4.79 Å². The van der Waals surface area contributed by atoms with E-state index in [-0.39, 0.29) is 0 Å². The number of amides is 1. The van der Waals surface area contributed by atoms with Crippen LogP contribution in [0.4, 0.5) is 13.2 Å². The molecule has 3 N–H and O–H groups in total. The number of hydrogen-bond donors (Lipinski definition) is 2. The number of sulfonamides is 1. The summed E-state index contributed by atoms with van der Waals surface area (Å²) in [6, 6.07) is 2.04. The van der Waals surface area contributed by atoms with Crippen LogP contribution in [0.5, 0.6) is 0 Å². The zero-order valence-corrected chi connectivity index (χ0v) is 12.1. The Kier molecular flexibility index (Phi) is 5.00. The lowest BCUT2D eigenvalue weighted by Crippen LogP contribution is -2.47. The lowest BCUT2D eigenvalue weighted by molar-refractivity contribution is -0.137. The summed E-state index contributed by atoms with van der Waals surface area (Å²) in [5.41, 5.74) is 3.98. The van der Waals surface area contributed by atoms with Gasteiger partial charge in [0.1, 0.15) is 6.04 Å². The molecular weight excluding hydrogens is 309 g/mol. The molecule has 0 spiro atoms. The Labute approximate surface area is 120 Å². The molecule has 1 rings (SSSR count). The molecule has 9 heteroatoms. The van der Waals surface area contributed by atoms with Gasteiger partial charge < -0.3 is 5.73 Å². The molecular formula is C12H15F3N2O3S. The maximum absolute atomic E-state index is 12.6. The van der Waals surface area contributed by atoms with Gasteiger partial charge in [0, 0.05) is 0 Å². The molecule has 0 radical (unpaired) electrons. The van der Waals surface area contributed by atoms with Crippen LogP contribution >= 0.6 is 0 Å². The molecule has 0 fully saturated rings. The van der Waals surface area contributed by atoms with Crippen molar-refractivity contribution >= 4 is 15.9 Å². The van der Waals surface area contributed by atoms with Gasteiger partial charge >= 0.3 is 6.18 Å². The van der Waals surface area contributed by atoms with E-state index in [2.05, 4.69) is 0 Å². The minimum absolute atomic E-state index is 0.442. The summed E-state index contributed by atoms with van der Waals surface area (Å²) in [4.78, 5) is 10.6. The molecule has 0 saturated carbocycles. The quantitative estimate of drug-likeness (QED) is 0.860. The number of primary amides is 1. The number of carbonyl (C=O) groups is 1. The van der Waals surface area contributed by atoms with E-state index >= 15 is 0 Å². The predicted octanol–water partition coefficient (Wildman–Crippen LogP) is 1.49. The number of benzene rings is 1. The van der Waals surface area contributed by atoms with Gasteiger partial charge in [0.2, 0.25) is 15.9 Å². The number of rotatable bonds is 5. The summed E-state index contributed by atoms with van der Waals surface area (Å²) in [5, 5.41) is 0. The van der Waals surface area contributed by atoms with E-state index in [4.69, 9.17) is 5.73 Å². The highest BCUT2D eigenvalue weighted by Crippen LogP contribution is 2.30. The van der Waals surface area contributed by atoms with Crippen molar-refractivity contribution in [2.24, 2.45) is 11.7 Å². The van der Waals surface area contributed by atoms with Crippen LogP contribution in [0.1, 0.15) is 19.4 Å². The third-order valence-electron chi connectivity index (χ3n) is 2.73. The Morgan fingerprint density at radius 3 is 2.29 bits per heavy atom. The highest BCUT2D eigenvalue weighted by atomic mass is 32.2. The van der Waals surface area contributed by atoms with Crippen LogP contribution in [-0.4, -0.2) is 20.4 Å². The van der Waals surface area contributed by atoms with Crippen molar-refractivity contribution < 1.29 is 26.4 Å². The fourth-order valence-electron chi connectivity index (χ4n) is 1.60. The third-order valence-corrected chi connectivity index (χ3v) is 4.17. The Balaban J connectivity index is 3.17. The number of carbonyl (C=O) groups excluding carboxylic acids is 1. The largest absolute Gasteiger partial charge is 0.416 e. The van der Waals surface area contributed by atoms with Gasteiger partial charge in [-0.1, -0.05) is 19.9 Å². The normalized spacial score (nSPS) is 14.2. The van der Waals surface area contributed by atoms with Crippen molar-refractivity contribution in [3.05, 3.63) is 29.8 Å². The molecule has 118 valence electrons. The lowest BCUT2D eigenvalue weighted by Gasteiger charge is -2.19. The SMILES string of the molecule is CC(C)[C@@H](NS(=O)(=O)c1cccc(C(F)(F)F)c1)C(N)=O. The minimum atomic E-state index is -4.66. The first-order valence-corrected chi connectivity index (χ1v) is 7.42. The standard InChI is InChI=1S/C12H15F3N2O3S/c1-7(2)10(11(16)18)17-21(19,20)9-5-3-4-8(6-9)12(13,14)15/h3-7,10,17H,1-2H3,(H2,16,18)/t10-/m1/s1. The van der Waals surface area contributed by atoms with Gasteiger partial charge in [-0.05, 0) is 24.1 Å². The van der Waals surface area contributed by atoms with Crippen LogP contribution in [-0.2, 0) is 21.0 Å². The van der Waals surface area contributed by atoms with Crippen molar-refractivity contribution in [2.75, 3.05) is 0 Å².